The van der Waals surface area contributed by atoms with Gasteiger partial charge in [-0.1, -0.05) is 0 Å². The van der Waals surface area contributed by atoms with Crippen molar-refractivity contribution in [3.05, 3.63) is 36.4 Å². The second-order valence-electron chi connectivity index (χ2n) is 4.01. The molecule has 2 atom stereocenters. The highest BCUT2D eigenvalue weighted by Crippen LogP contribution is 2.29. The second kappa shape index (κ2) is 8.41. The first-order chi connectivity index (χ1) is 11.2. The largest absolute Gasteiger partial charge is 0.508 e. The summed E-state index contributed by atoms with van der Waals surface area (Å²) >= 11 is 0. The SMILES string of the molecule is Oc1cc(O)cc(O)c1.[3HH].[3H]POc1cc(OP)cc(S(=O)(=O)Cl)c1. The summed E-state index contributed by atoms with van der Waals surface area (Å²) in [7, 11) is 2.78. The van der Waals surface area contributed by atoms with Crippen LogP contribution in [0.25, 0.3) is 0 Å². The van der Waals surface area contributed by atoms with E-state index in [4.69, 9.17) is 36.3 Å². The van der Waals surface area contributed by atoms with E-state index in [-0.39, 0.29) is 35.1 Å². The maximum absolute atomic E-state index is 11.1. The summed E-state index contributed by atoms with van der Waals surface area (Å²) in [5.74, 6) is 0.0602. The van der Waals surface area contributed by atoms with Crippen LogP contribution >= 0.6 is 29.6 Å². The predicted octanol–water partition coefficient (Wildman–Crippen LogP) is 3.00. The highest BCUT2D eigenvalue weighted by atomic mass is 35.7. The Morgan fingerprint density at radius 1 is 0.957 bits per heavy atom. The van der Waals surface area contributed by atoms with Crippen LogP contribution in [0.5, 0.6) is 28.7 Å². The number of hydrogen-bond donors (Lipinski definition) is 3. The number of aromatic hydroxyl groups is 3. The van der Waals surface area contributed by atoms with Gasteiger partial charge < -0.3 is 24.4 Å². The summed E-state index contributed by atoms with van der Waals surface area (Å²) < 4.78 is 38.7. The summed E-state index contributed by atoms with van der Waals surface area (Å²) in [5.41, 5.74) is 0. The number of halogens is 1. The second-order valence-corrected chi connectivity index (χ2v) is 7.01. The third kappa shape index (κ3) is 6.67. The van der Waals surface area contributed by atoms with Crippen molar-refractivity contribution in [3.63, 3.8) is 0 Å². The Hall–Kier alpha value is -1.46. The molecule has 2 rings (SSSR count). The molecule has 128 valence electrons. The number of phenolic OH excluding ortho intramolecular Hbond substituents is 3. The normalized spacial score (nSPS) is 11.5. The first-order valence-corrected chi connectivity index (χ1v) is 8.86. The van der Waals surface area contributed by atoms with Crippen molar-refractivity contribution in [1.29, 1.82) is 1.28 Å². The van der Waals surface area contributed by atoms with Gasteiger partial charge >= 0.3 is 0 Å². The zero-order chi connectivity index (χ0) is 18.3. The molecule has 0 radical (unpaired) electrons. The minimum Gasteiger partial charge on any atom is -0.508 e. The summed E-state index contributed by atoms with van der Waals surface area (Å²) in [4.78, 5) is -0.127. The Morgan fingerprint density at radius 3 is 1.74 bits per heavy atom. The minimum absolute atomic E-state index is 0. The van der Waals surface area contributed by atoms with Crippen molar-refractivity contribution in [2.24, 2.45) is 0 Å². The van der Waals surface area contributed by atoms with Crippen LogP contribution in [-0.2, 0) is 9.05 Å². The van der Waals surface area contributed by atoms with Crippen LogP contribution < -0.4 is 9.05 Å². The highest BCUT2D eigenvalue weighted by molar-refractivity contribution is 8.13. The van der Waals surface area contributed by atoms with Crippen molar-refractivity contribution >= 4 is 38.6 Å². The van der Waals surface area contributed by atoms with E-state index in [2.05, 4.69) is 0 Å². The van der Waals surface area contributed by atoms with Crippen molar-refractivity contribution in [2.45, 2.75) is 4.90 Å². The van der Waals surface area contributed by atoms with E-state index in [0.717, 1.165) is 18.2 Å². The molecule has 0 aliphatic carbocycles. The Kier molecular flexibility index (Phi) is 6.54. The maximum atomic E-state index is 11.1. The molecule has 0 fully saturated rings. The molecule has 7 nitrogen and oxygen atoms in total. The van der Waals surface area contributed by atoms with Crippen LogP contribution in [0.3, 0.4) is 0 Å². The van der Waals surface area contributed by atoms with E-state index in [1.807, 2.05) is 9.47 Å². The van der Waals surface area contributed by atoms with Crippen LogP contribution in [0.15, 0.2) is 41.3 Å². The molecule has 3 N–H and O–H groups in total. The van der Waals surface area contributed by atoms with Crippen LogP contribution in [0.1, 0.15) is 1.43 Å². The van der Waals surface area contributed by atoms with Gasteiger partial charge in [-0.05, 0) is 0 Å². The van der Waals surface area contributed by atoms with E-state index >= 15 is 0 Å². The molecule has 2 aromatic rings. The third-order valence-corrected chi connectivity index (χ3v) is 4.12. The molecule has 2 unspecified atom stereocenters. The Labute approximate surface area is 144 Å². The fraction of sp³-hybridized carbons (Fsp3) is 0. The summed E-state index contributed by atoms with van der Waals surface area (Å²) in [5, 5.41) is 26.0. The van der Waals surface area contributed by atoms with Gasteiger partial charge in [0.25, 0.3) is 9.05 Å². The van der Waals surface area contributed by atoms with Gasteiger partial charge in [0.2, 0.25) is 0 Å². The Balaban J connectivity index is 0.000000495. The van der Waals surface area contributed by atoms with E-state index in [0.29, 0.717) is 0 Å². The standard InChI is InChI=1S/C6H7ClO4P2S.C6H6O3.H2/c7-14(8,9)6-2-4(10-12)1-5(3-6)11-13;7-4-1-5(8)3-6(9)2-4;/h1-3H,12-13H2;1-3,7-9H;1H/i12T;;1+2. The van der Waals surface area contributed by atoms with Gasteiger partial charge in [-0.2, -0.15) is 0 Å². The molecule has 0 saturated carbocycles. The summed E-state index contributed by atoms with van der Waals surface area (Å²) in [6.45, 7) is 0. The van der Waals surface area contributed by atoms with E-state index < -0.39 is 18.5 Å². The van der Waals surface area contributed by atoms with Crippen molar-refractivity contribution in [1.82, 2.24) is 0 Å². The van der Waals surface area contributed by atoms with Gasteiger partial charge in [0.1, 0.15) is 28.7 Å². The molecule has 2 aromatic carbocycles. The molecule has 0 saturated heterocycles. The molecule has 0 amide bonds. The zero-order valence-electron chi connectivity index (χ0n) is 12.3. The lowest BCUT2D eigenvalue weighted by Gasteiger charge is -2.05. The first kappa shape index (κ1) is 17.9. The topological polar surface area (TPSA) is 113 Å². The van der Waals surface area contributed by atoms with Crippen LogP contribution in [0.4, 0.5) is 0 Å². The minimum atomic E-state index is -3.83. The molecule has 0 aromatic heterocycles. The Bertz CT molecular complexity index is 758. The fourth-order valence-corrected chi connectivity index (χ4v) is 2.43. The maximum Gasteiger partial charge on any atom is 0.261 e. The molecular weight excluding hydrogens is 386 g/mol. The average molecular weight is 405 g/mol. The molecule has 0 aliphatic rings. The molecule has 0 spiro atoms. The number of phenols is 3. The van der Waals surface area contributed by atoms with Crippen LogP contribution in [-0.4, -0.2) is 25.0 Å². The van der Waals surface area contributed by atoms with Gasteiger partial charge in [-0.25, -0.2) is 8.42 Å². The van der Waals surface area contributed by atoms with Crippen LogP contribution in [0, 0.1) is 0 Å². The van der Waals surface area contributed by atoms with Crippen molar-refractivity contribution in [2.75, 3.05) is 0 Å². The van der Waals surface area contributed by atoms with Crippen molar-refractivity contribution in [3.8, 4) is 28.7 Å². The molecule has 23 heavy (non-hydrogen) atoms. The number of rotatable bonds is 4. The predicted molar refractivity (Wildman–Crippen MR) is 93.7 cm³/mol. The molecule has 0 heterocycles. The average Bonchev–Trinajstić information content (AvgIpc) is 2.45. The zero-order valence-corrected chi connectivity index (χ0v) is 15.0. The molecule has 11 heteroatoms. The summed E-state index contributed by atoms with van der Waals surface area (Å²) in [6.07, 6.45) is 0. The third-order valence-electron chi connectivity index (χ3n) is 2.28. The molecule has 0 bridgehead atoms. The lowest BCUT2D eigenvalue weighted by atomic mass is 10.3. The van der Waals surface area contributed by atoms with E-state index in [9.17, 15) is 8.42 Å². The van der Waals surface area contributed by atoms with Gasteiger partial charge in [0, 0.05) is 48.5 Å². The smallest absolute Gasteiger partial charge is 0.261 e. The van der Waals surface area contributed by atoms with Crippen LogP contribution in [0.2, 0.25) is 0 Å². The lowest BCUT2D eigenvalue weighted by molar-refractivity contribution is 0.428. The quantitative estimate of drug-likeness (QED) is 0.530. The van der Waals surface area contributed by atoms with E-state index in [1.165, 1.54) is 18.2 Å². The highest BCUT2D eigenvalue weighted by Gasteiger charge is 2.13. The number of hydrogen-bond acceptors (Lipinski definition) is 7. The molecular formula is C12H15ClO7P2S. The first-order valence-electron chi connectivity index (χ1n) is 6.17. The summed E-state index contributed by atoms with van der Waals surface area (Å²) in [6, 6.07) is 7.37. The molecule has 0 aliphatic heterocycles. The van der Waals surface area contributed by atoms with Gasteiger partial charge in [0.05, 0.1) is 25.1 Å². The Morgan fingerprint density at radius 2 is 1.39 bits per heavy atom. The fourth-order valence-electron chi connectivity index (χ4n) is 1.39. The lowest BCUT2D eigenvalue weighted by Crippen LogP contribution is -1.91. The van der Waals surface area contributed by atoms with Gasteiger partial charge in [-0.15, -0.1) is 0 Å². The van der Waals surface area contributed by atoms with Crippen molar-refractivity contribution < 1.29 is 34.2 Å². The van der Waals surface area contributed by atoms with Gasteiger partial charge in [0.15, 0.2) is 0 Å². The number of benzene rings is 2. The van der Waals surface area contributed by atoms with Gasteiger partial charge in [-0.3, -0.25) is 0 Å². The van der Waals surface area contributed by atoms with E-state index in [1.54, 1.807) is 0 Å². The monoisotopic (exact) mass is 404 g/mol.